The lowest BCUT2D eigenvalue weighted by atomic mass is 10.2. The lowest BCUT2D eigenvalue weighted by Gasteiger charge is -2.03. The number of aryl methyl sites for hydroxylation is 2. The van der Waals surface area contributed by atoms with E-state index in [-0.39, 0.29) is 11.7 Å². The molecule has 3 aromatic rings. The number of carbonyl (C=O) groups is 2. The molecule has 0 aliphatic rings. The monoisotopic (exact) mass is 359 g/mol. The van der Waals surface area contributed by atoms with Crippen molar-refractivity contribution in [3.8, 4) is 0 Å². The molecule has 3 rings (SSSR count). The maximum Gasteiger partial charge on any atom is 0.338 e. The van der Waals surface area contributed by atoms with Gasteiger partial charge < -0.3 is 13.8 Å². The molecule has 25 heavy (non-hydrogen) atoms. The number of carbonyl (C=O) groups excluding carboxylic acids is 2. The zero-order chi connectivity index (χ0) is 18.0. The van der Waals surface area contributed by atoms with E-state index < -0.39 is 5.91 Å². The van der Waals surface area contributed by atoms with Gasteiger partial charge in [0, 0.05) is 12.6 Å². The summed E-state index contributed by atoms with van der Waals surface area (Å²) in [6, 6.07) is 6.86. The normalized spacial score (nSPS) is 11.9. The number of esters is 1. The largest absolute Gasteiger partial charge is 0.462 e. The van der Waals surface area contributed by atoms with Crippen molar-refractivity contribution in [2.75, 3.05) is 6.61 Å². The van der Waals surface area contributed by atoms with E-state index in [1.807, 2.05) is 17.6 Å². The van der Waals surface area contributed by atoms with Gasteiger partial charge in [0.05, 0.1) is 28.1 Å². The molecule has 0 aliphatic heterocycles. The van der Waals surface area contributed by atoms with Gasteiger partial charge in [-0.2, -0.15) is 4.99 Å². The number of hydrogen-bond acceptors (Lipinski definition) is 6. The van der Waals surface area contributed by atoms with Crippen molar-refractivity contribution in [1.29, 1.82) is 0 Å². The van der Waals surface area contributed by atoms with Crippen LogP contribution in [-0.2, 0) is 11.3 Å². The molecular formula is C17H17N3O4S. The zero-order valence-electron chi connectivity index (χ0n) is 14.1. The molecule has 0 bridgehead atoms. The van der Waals surface area contributed by atoms with Crippen LogP contribution in [0.3, 0.4) is 0 Å². The first-order valence-corrected chi connectivity index (χ1v) is 8.68. The number of fused-ring (bicyclic) bond motifs is 1. The summed E-state index contributed by atoms with van der Waals surface area (Å²) in [6.45, 7) is 6.43. The Balaban J connectivity index is 2.07. The highest BCUT2D eigenvalue weighted by atomic mass is 32.1. The van der Waals surface area contributed by atoms with E-state index in [1.54, 1.807) is 32.0 Å². The molecule has 2 aromatic heterocycles. The Morgan fingerprint density at radius 2 is 2.12 bits per heavy atom. The van der Waals surface area contributed by atoms with Crippen molar-refractivity contribution in [3.63, 3.8) is 0 Å². The first kappa shape index (κ1) is 17.1. The Morgan fingerprint density at radius 3 is 2.76 bits per heavy atom. The van der Waals surface area contributed by atoms with Crippen LogP contribution in [0.4, 0.5) is 0 Å². The molecule has 1 amide bonds. The van der Waals surface area contributed by atoms with Gasteiger partial charge >= 0.3 is 11.9 Å². The Hall–Kier alpha value is -2.74. The predicted molar refractivity (Wildman–Crippen MR) is 92.6 cm³/mol. The second kappa shape index (κ2) is 7.02. The summed E-state index contributed by atoms with van der Waals surface area (Å²) in [7, 11) is 0. The van der Waals surface area contributed by atoms with Gasteiger partial charge in [-0.05, 0) is 39.0 Å². The number of amides is 1. The summed E-state index contributed by atoms with van der Waals surface area (Å²) >= 11 is 1.33. The number of aromatic nitrogens is 2. The third kappa shape index (κ3) is 3.39. The summed E-state index contributed by atoms with van der Waals surface area (Å²) in [5.74, 6) is -0.752. The Labute approximate surface area is 147 Å². The van der Waals surface area contributed by atoms with E-state index in [2.05, 4.69) is 10.1 Å². The fourth-order valence-corrected chi connectivity index (χ4v) is 3.54. The van der Waals surface area contributed by atoms with Crippen molar-refractivity contribution < 1.29 is 18.8 Å². The molecule has 8 heteroatoms. The molecular weight excluding hydrogens is 342 g/mol. The number of hydrogen-bond donors (Lipinski definition) is 0. The molecule has 0 saturated carbocycles. The molecule has 0 unspecified atom stereocenters. The molecule has 0 saturated heterocycles. The molecule has 2 heterocycles. The van der Waals surface area contributed by atoms with E-state index >= 15 is 0 Å². The van der Waals surface area contributed by atoms with Crippen molar-refractivity contribution in [3.05, 3.63) is 46.1 Å². The summed E-state index contributed by atoms with van der Waals surface area (Å²) in [4.78, 5) is 28.8. The second-order valence-electron chi connectivity index (χ2n) is 5.28. The van der Waals surface area contributed by atoms with Crippen LogP contribution in [-0.4, -0.2) is 28.2 Å². The quantitative estimate of drug-likeness (QED) is 0.669. The van der Waals surface area contributed by atoms with Gasteiger partial charge in [0.25, 0.3) is 0 Å². The van der Waals surface area contributed by atoms with Gasteiger partial charge in [0.1, 0.15) is 0 Å². The van der Waals surface area contributed by atoms with Gasteiger partial charge in [-0.3, -0.25) is 4.79 Å². The van der Waals surface area contributed by atoms with Gasteiger partial charge in [0.15, 0.2) is 4.80 Å². The summed E-state index contributed by atoms with van der Waals surface area (Å²) in [6.07, 6.45) is 0. The van der Waals surface area contributed by atoms with E-state index in [1.165, 1.54) is 11.3 Å². The highest BCUT2D eigenvalue weighted by Crippen LogP contribution is 2.20. The third-order valence-corrected chi connectivity index (χ3v) is 4.59. The Kier molecular flexibility index (Phi) is 4.80. The van der Waals surface area contributed by atoms with E-state index in [0.717, 1.165) is 10.2 Å². The average Bonchev–Trinajstić information content (AvgIpc) is 3.17. The van der Waals surface area contributed by atoms with Crippen LogP contribution < -0.4 is 4.80 Å². The van der Waals surface area contributed by atoms with E-state index in [4.69, 9.17) is 9.26 Å². The van der Waals surface area contributed by atoms with Crippen LogP contribution in [0.5, 0.6) is 0 Å². The van der Waals surface area contributed by atoms with Crippen LogP contribution in [0.25, 0.3) is 10.2 Å². The van der Waals surface area contributed by atoms with Gasteiger partial charge in [-0.25, -0.2) is 4.79 Å². The van der Waals surface area contributed by atoms with Gasteiger partial charge in [0.2, 0.25) is 5.76 Å². The highest BCUT2D eigenvalue weighted by Gasteiger charge is 2.14. The second-order valence-corrected chi connectivity index (χ2v) is 6.29. The van der Waals surface area contributed by atoms with E-state index in [0.29, 0.717) is 29.2 Å². The summed E-state index contributed by atoms with van der Waals surface area (Å²) < 4.78 is 12.8. The van der Waals surface area contributed by atoms with Crippen LogP contribution in [0.15, 0.2) is 33.8 Å². The number of ether oxygens (including phenoxy) is 1. The minimum atomic E-state index is -0.486. The van der Waals surface area contributed by atoms with Gasteiger partial charge in [-0.15, -0.1) is 0 Å². The summed E-state index contributed by atoms with van der Waals surface area (Å²) in [5.41, 5.74) is 2.00. The predicted octanol–water partition coefficient (Wildman–Crippen LogP) is 2.94. The fourth-order valence-electron chi connectivity index (χ4n) is 2.41. The lowest BCUT2D eigenvalue weighted by Crippen LogP contribution is -2.15. The first-order valence-electron chi connectivity index (χ1n) is 7.86. The fraction of sp³-hybridized carbons (Fsp3) is 0.294. The molecule has 0 spiro atoms. The molecule has 130 valence electrons. The van der Waals surface area contributed by atoms with Gasteiger partial charge in [-0.1, -0.05) is 16.5 Å². The molecule has 7 nitrogen and oxygen atoms in total. The SMILES string of the molecule is CCOC(=O)c1ccc2c(c1)sc(=NC(=O)c1cc(C)no1)n2CC. The minimum absolute atomic E-state index is 0.102. The molecule has 0 atom stereocenters. The smallest absolute Gasteiger partial charge is 0.338 e. The van der Waals surface area contributed by atoms with Crippen LogP contribution in [0.2, 0.25) is 0 Å². The van der Waals surface area contributed by atoms with Crippen LogP contribution in [0.1, 0.15) is 40.5 Å². The maximum atomic E-state index is 12.3. The standard InChI is InChI=1S/C17H17N3O4S/c1-4-20-12-7-6-11(16(22)23-5-2)9-14(12)25-17(20)18-15(21)13-8-10(3)19-24-13/h6-9H,4-5H2,1-3H3. The van der Waals surface area contributed by atoms with Crippen LogP contribution >= 0.6 is 11.3 Å². The zero-order valence-corrected chi connectivity index (χ0v) is 14.9. The molecule has 0 radical (unpaired) electrons. The first-order chi connectivity index (χ1) is 12.0. The maximum absolute atomic E-state index is 12.3. The number of nitrogens with zero attached hydrogens (tertiary/aromatic N) is 3. The Morgan fingerprint density at radius 1 is 1.32 bits per heavy atom. The topological polar surface area (TPSA) is 86.7 Å². The number of thiazole rings is 1. The van der Waals surface area contributed by atoms with Crippen molar-refractivity contribution in [1.82, 2.24) is 9.72 Å². The minimum Gasteiger partial charge on any atom is -0.462 e. The number of benzene rings is 1. The average molecular weight is 359 g/mol. The molecule has 0 N–H and O–H groups in total. The van der Waals surface area contributed by atoms with Crippen molar-refractivity contribution >= 4 is 33.4 Å². The molecule has 0 fully saturated rings. The summed E-state index contributed by atoms with van der Waals surface area (Å²) in [5, 5.41) is 3.70. The highest BCUT2D eigenvalue weighted by molar-refractivity contribution is 7.16. The van der Waals surface area contributed by atoms with Crippen LogP contribution in [0, 0.1) is 6.92 Å². The van der Waals surface area contributed by atoms with E-state index in [9.17, 15) is 9.59 Å². The van der Waals surface area contributed by atoms with Crippen molar-refractivity contribution in [2.45, 2.75) is 27.3 Å². The van der Waals surface area contributed by atoms with Crippen molar-refractivity contribution in [2.24, 2.45) is 4.99 Å². The lowest BCUT2D eigenvalue weighted by molar-refractivity contribution is 0.0526. The number of rotatable bonds is 4. The Bertz CT molecular complexity index is 1010. The third-order valence-electron chi connectivity index (χ3n) is 3.55. The molecule has 1 aromatic carbocycles. The molecule has 0 aliphatic carbocycles.